The van der Waals surface area contributed by atoms with Gasteiger partial charge in [-0.2, -0.15) is 5.10 Å². The standard InChI is InChI=1S/C16H22ClN3O.C4H6O4/c1-15(2,3)16(21,10-20-12-18-11-19-20)9-8-13-4-6-14(17)7-5-13;5-3(6)1-2-4(7)8/h4-7,11-12,21H,8-10H2,1-3H3;1-2H2,(H,5,6)(H,7,8). The van der Waals surface area contributed by atoms with Crippen LogP contribution in [0.3, 0.4) is 0 Å². The Morgan fingerprint density at radius 3 is 2.03 bits per heavy atom. The van der Waals surface area contributed by atoms with Crippen molar-refractivity contribution >= 4 is 23.5 Å². The SMILES string of the molecule is CC(C)(C)C(O)(CCc1ccc(Cl)cc1)Cn1cncn1.O=C(O)CCC(=O)O. The molecule has 0 aliphatic heterocycles. The van der Waals surface area contributed by atoms with Crippen LogP contribution in [0.2, 0.25) is 5.02 Å². The molecular weight excluding hydrogens is 398 g/mol. The summed E-state index contributed by atoms with van der Waals surface area (Å²) in [5.74, 6) is -2.15. The van der Waals surface area contributed by atoms with Crippen LogP contribution in [0.5, 0.6) is 0 Å². The number of hydrogen-bond donors (Lipinski definition) is 3. The zero-order chi connectivity index (χ0) is 22.1. The highest BCUT2D eigenvalue weighted by Gasteiger charge is 2.40. The van der Waals surface area contributed by atoms with Crippen LogP contribution < -0.4 is 0 Å². The maximum absolute atomic E-state index is 11.1. The molecule has 1 heterocycles. The van der Waals surface area contributed by atoms with Gasteiger partial charge in [0.2, 0.25) is 0 Å². The molecule has 29 heavy (non-hydrogen) atoms. The summed E-state index contributed by atoms with van der Waals surface area (Å²) in [6.45, 7) is 6.58. The predicted octanol–water partition coefficient (Wildman–Crippen LogP) is 3.28. The second-order valence-electron chi connectivity index (χ2n) is 7.79. The van der Waals surface area contributed by atoms with Gasteiger partial charge in [-0.05, 0) is 36.0 Å². The van der Waals surface area contributed by atoms with Crippen LogP contribution in [-0.2, 0) is 22.6 Å². The monoisotopic (exact) mass is 425 g/mol. The van der Waals surface area contributed by atoms with E-state index in [9.17, 15) is 14.7 Å². The van der Waals surface area contributed by atoms with Crippen molar-refractivity contribution in [2.24, 2.45) is 5.41 Å². The maximum Gasteiger partial charge on any atom is 0.303 e. The molecular formula is C20H28ClN3O5. The summed E-state index contributed by atoms with van der Waals surface area (Å²) in [6.07, 6.45) is 3.98. The highest BCUT2D eigenvalue weighted by atomic mass is 35.5. The average molecular weight is 426 g/mol. The number of nitrogens with zero attached hydrogens (tertiary/aromatic N) is 3. The van der Waals surface area contributed by atoms with Crippen molar-refractivity contribution in [3.8, 4) is 0 Å². The van der Waals surface area contributed by atoms with E-state index in [-0.39, 0.29) is 18.3 Å². The van der Waals surface area contributed by atoms with Gasteiger partial charge in [0.15, 0.2) is 0 Å². The van der Waals surface area contributed by atoms with Crippen molar-refractivity contribution in [3.05, 3.63) is 47.5 Å². The summed E-state index contributed by atoms with van der Waals surface area (Å²) in [4.78, 5) is 23.2. The second-order valence-corrected chi connectivity index (χ2v) is 8.23. The van der Waals surface area contributed by atoms with Crippen molar-refractivity contribution < 1.29 is 24.9 Å². The summed E-state index contributed by atoms with van der Waals surface area (Å²) < 4.78 is 1.69. The van der Waals surface area contributed by atoms with Gasteiger partial charge >= 0.3 is 11.9 Å². The van der Waals surface area contributed by atoms with Crippen LogP contribution in [0.4, 0.5) is 0 Å². The number of aromatic nitrogens is 3. The molecule has 160 valence electrons. The van der Waals surface area contributed by atoms with Crippen molar-refractivity contribution in [3.63, 3.8) is 0 Å². The minimum absolute atomic E-state index is 0.259. The Morgan fingerprint density at radius 2 is 1.62 bits per heavy atom. The van der Waals surface area contributed by atoms with Crippen molar-refractivity contribution in [1.29, 1.82) is 0 Å². The smallest absolute Gasteiger partial charge is 0.303 e. The van der Waals surface area contributed by atoms with E-state index < -0.39 is 17.5 Å². The van der Waals surface area contributed by atoms with E-state index in [0.717, 1.165) is 11.4 Å². The molecule has 1 aromatic carbocycles. The molecule has 0 spiro atoms. The normalized spacial score (nSPS) is 13.1. The molecule has 0 amide bonds. The molecule has 2 rings (SSSR count). The zero-order valence-corrected chi connectivity index (χ0v) is 17.6. The Hall–Kier alpha value is -2.45. The Balaban J connectivity index is 0.000000447. The molecule has 0 bridgehead atoms. The summed E-state index contributed by atoms with van der Waals surface area (Å²) in [5.41, 5.74) is 0.0479. The minimum atomic E-state index is -1.08. The third-order valence-corrected chi connectivity index (χ3v) is 4.83. The molecule has 0 aliphatic rings. The number of carboxylic acid groups (broad SMARTS) is 2. The fourth-order valence-corrected chi connectivity index (χ4v) is 2.62. The van der Waals surface area contributed by atoms with Crippen molar-refractivity contribution in [1.82, 2.24) is 14.8 Å². The number of aryl methyl sites for hydroxylation is 1. The highest BCUT2D eigenvalue weighted by molar-refractivity contribution is 6.30. The Kier molecular flexibility index (Phi) is 9.26. The summed E-state index contributed by atoms with van der Waals surface area (Å²) in [7, 11) is 0. The number of aliphatic carboxylic acids is 2. The lowest BCUT2D eigenvalue weighted by Crippen LogP contribution is -2.47. The molecule has 0 aliphatic carbocycles. The highest BCUT2D eigenvalue weighted by Crippen LogP contribution is 2.35. The fraction of sp³-hybridized carbons (Fsp3) is 0.500. The molecule has 0 fully saturated rings. The Bertz CT molecular complexity index is 758. The van der Waals surface area contributed by atoms with Crippen LogP contribution in [-0.4, -0.2) is 47.6 Å². The van der Waals surface area contributed by atoms with Gasteiger partial charge in [0.1, 0.15) is 12.7 Å². The number of aliphatic hydroxyl groups is 1. The predicted molar refractivity (Wildman–Crippen MR) is 109 cm³/mol. The lowest BCUT2D eigenvalue weighted by atomic mass is 9.73. The summed E-state index contributed by atoms with van der Waals surface area (Å²) in [6, 6.07) is 7.76. The molecule has 0 radical (unpaired) electrons. The molecule has 2 aromatic rings. The first-order chi connectivity index (χ1) is 13.4. The van der Waals surface area contributed by atoms with Crippen LogP contribution in [0, 0.1) is 5.41 Å². The van der Waals surface area contributed by atoms with Gasteiger partial charge in [-0.1, -0.05) is 44.5 Å². The lowest BCUT2D eigenvalue weighted by molar-refractivity contribution is -0.143. The van der Waals surface area contributed by atoms with E-state index in [0.29, 0.717) is 13.0 Å². The first-order valence-corrected chi connectivity index (χ1v) is 9.53. The van der Waals surface area contributed by atoms with Crippen LogP contribution in [0.15, 0.2) is 36.9 Å². The van der Waals surface area contributed by atoms with E-state index >= 15 is 0 Å². The first kappa shape index (κ1) is 24.6. The van der Waals surface area contributed by atoms with Gasteiger partial charge in [0.05, 0.1) is 25.0 Å². The third kappa shape index (κ3) is 9.06. The van der Waals surface area contributed by atoms with E-state index in [1.165, 1.54) is 11.9 Å². The van der Waals surface area contributed by atoms with E-state index in [2.05, 4.69) is 10.1 Å². The largest absolute Gasteiger partial charge is 0.481 e. The zero-order valence-electron chi connectivity index (χ0n) is 16.9. The molecule has 0 saturated heterocycles. The van der Waals surface area contributed by atoms with Gasteiger partial charge in [0, 0.05) is 5.02 Å². The number of carboxylic acids is 2. The molecule has 9 heteroatoms. The maximum atomic E-state index is 11.1. The van der Waals surface area contributed by atoms with Gasteiger partial charge in [-0.15, -0.1) is 0 Å². The van der Waals surface area contributed by atoms with Crippen LogP contribution in [0.25, 0.3) is 0 Å². The Morgan fingerprint density at radius 1 is 1.07 bits per heavy atom. The molecule has 8 nitrogen and oxygen atoms in total. The first-order valence-electron chi connectivity index (χ1n) is 9.16. The molecule has 1 unspecified atom stereocenters. The van der Waals surface area contributed by atoms with Crippen molar-refractivity contribution in [2.45, 2.75) is 58.6 Å². The van der Waals surface area contributed by atoms with E-state index in [1.54, 1.807) is 11.0 Å². The van der Waals surface area contributed by atoms with Gasteiger partial charge in [-0.25, -0.2) is 4.98 Å². The Labute approximate surface area is 175 Å². The quantitative estimate of drug-likeness (QED) is 0.592. The van der Waals surface area contributed by atoms with E-state index in [1.807, 2.05) is 45.0 Å². The van der Waals surface area contributed by atoms with Crippen LogP contribution >= 0.6 is 11.6 Å². The van der Waals surface area contributed by atoms with Crippen LogP contribution in [0.1, 0.15) is 45.6 Å². The summed E-state index contributed by atoms with van der Waals surface area (Å²) in [5, 5.41) is 31.8. The number of hydrogen-bond acceptors (Lipinski definition) is 5. The second kappa shape index (κ2) is 10.9. The summed E-state index contributed by atoms with van der Waals surface area (Å²) >= 11 is 5.90. The number of benzene rings is 1. The average Bonchev–Trinajstić information content (AvgIpc) is 3.12. The van der Waals surface area contributed by atoms with Crippen molar-refractivity contribution in [2.75, 3.05) is 0 Å². The minimum Gasteiger partial charge on any atom is -0.481 e. The number of halogens is 1. The fourth-order valence-electron chi connectivity index (χ4n) is 2.49. The number of carbonyl (C=O) groups is 2. The van der Waals surface area contributed by atoms with Gasteiger partial charge in [0.25, 0.3) is 0 Å². The number of rotatable bonds is 8. The van der Waals surface area contributed by atoms with Gasteiger partial charge in [-0.3, -0.25) is 14.3 Å². The topological polar surface area (TPSA) is 126 Å². The molecule has 1 aromatic heterocycles. The molecule has 1 atom stereocenters. The molecule has 0 saturated carbocycles. The lowest BCUT2D eigenvalue weighted by Gasteiger charge is -2.40. The van der Waals surface area contributed by atoms with E-state index in [4.69, 9.17) is 21.8 Å². The van der Waals surface area contributed by atoms with Gasteiger partial charge < -0.3 is 15.3 Å². The molecule has 3 N–H and O–H groups in total. The third-order valence-electron chi connectivity index (χ3n) is 4.58.